The zero-order chi connectivity index (χ0) is 25.8. The van der Waals surface area contributed by atoms with Gasteiger partial charge >= 0.3 is 0 Å². The van der Waals surface area contributed by atoms with Crippen LogP contribution in [-0.2, 0) is 4.79 Å². The molecule has 11 heteroatoms. The van der Waals surface area contributed by atoms with Crippen LogP contribution in [0.3, 0.4) is 0 Å². The molecule has 2 unspecified atom stereocenters. The molecule has 37 heavy (non-hydrogen) atoms. The third kappa shape index (κ3) is 5.80. The van der Waals surface area contributed by atoms with Gasteiger partial charge in [0.25, 0.3) is 5.91 Å². The first-order valence-corrected chi connectivity index (χ1v) is 12.9. The average Bonchev–Trinajstić information content (AvgIpc) is 3.39. The zero-order valence-electron chi connectivity index (χ0n) is 20.4. The lowest BCUT2D eigenvalue weighted by atomic mass is 10.1. The van der Waals surface area contributed by atoms with Crippen LogP contribution in [0.4, 0.5) is 10.3 Å². The van der Waals surface area contributed by atoms with E-state index in [-0.39, 0.29) is 17.9 Å². The van der Waals surface area contributed by atoms with Crippen LogP contribution in [-0.4, -0.2) is 80.3 Å². The van der Waals surface area contributed by atoms with E-state index in [4.69, 9.17) is 11.6 Å². The van der Waals surface area contributed by atoms with E-state index in [2.05, 4.69) is 20.5 Å². The van der Waals surface area contributed by atoms with Gasteiger partial charge in [-0.15, -0.1) is 0 Å². The van der Waals surface area contributed by atoms with E-state index in [9.17, 15) is 14.0 Å². The van der Waals surface area contributed by atoms with E-state index in [1.807, 2.05) is 32.6 Å². The number of halogens is 2. The molecule has 0 bridgehead atoms. The number of nitrogens with zero attached hydrogens (tertiary/aromatic N) is 6. The summed E-state index contributed by atoms with van der Waals surface area (Å²) in [7, 11) is 0. The van der Waals surface area contributed by atoms with Gasteiger partial charge in [0.15, 0.2) is 0 Å². The highest BCUT2D eigenvalue weighted by molar-refractivity contribution is 6.35. The molecule has 3 aromatic rings. The highest BCUT2D eigenvalue weighted by Crippen LogP contribution is 2.34. The van der Waals surface area contributed by atoms with Crippen molar-refractivity contribution in [2.24, 2.45) is 0 Å². The summed E-state index contributed by atoms with van der Waals surface area (Å²) < 4.78 is 15.4. The van der Waals surface area contributed by atoms with Gasteiger partial charge in [-0.3, -0.25) is 19.8 Å². The molecule has 2 atom stereocenters. The molecule has 2 aromatic heterocycles. The monoisotopic (exact) mass is 525 g/mol. The van der Waals surface area contributed by atoms with Crippen molar-refractivity contribution >= 4 is 40.4 Å². The third-order valence-corrected chi connectivity index (χ3v) is 7.20. The number of para-hydroxylation sites is 1. The van der Waals surface area contributed by atoms with Crippen LogP contribution >= 0.6 is 11.6 Å². The lowest BCUT2D eigenvalue weighted by Gasteiger charge is -2.26. The molecule has 0 saturated carbocycles. The van der Waals surface area contributed by atoms with E-state index in [1.54, 1.807) is 18.2 Å². The third-order valence-electron chi connectivity index (χ3n) is 6.89. The molecule has 0 aliphatic carbocycles. The molecule has 2 aliphatic rings. The van der Waals surface area contributed by atoms with Gasteiger partial charge in [0.05, 0.1) is 40.1 Å². The fraction of sp³-hybridized carbons (Fsp3) is 0.423. The second kappa shape index (κ2) is 11.4. The van der Waals surface area contributed by atoms with Crippen molar-refractivity contribution in [2.75, 3.05) is 38.0 Å². The summed E-state index contributed by atoms with van der Waals surface area (Å²) in [6.07, 6.45) is 8.61. The minimum absolute atomic E-state index is 0.0770. The number of imidazole rings is 1. The molecule has 4 heterocycles. The Morgan fingerprint density at radius 1 is 1.14 bits per heavy atom. The molecule has 5 rings (SSSR count). The lowest BCUT2D eigenvalue weighted by Crippen LogP contribution is -2.35. The Hall–Kier alpha value is -3.37. The number of fused-ring (bicyclic) bond motifs is 1. The average molecular weight is 526 g/mol. The van der Waals surface area contributed by atoms with Gasteiger partial charge in [0.2, 0.25) is 11.9 Å². The molecular weight excluding hydrogens is 497 g/mol. The van der Waals surface area contributed by atoms with Gasteiger partial charge in [-0.2, -0.15) is 10.2 Å². The second-order valence-corrected chi connectivity index (χ2v) is 9.89. The predicted molar refractivity (Wildman–Crippen MR) is 139 cm³/mol. The van der Waals surface area contributed by atoms with Crippen molar-refractivity contribution < 1.29 is 14.0 Å². The van der Waals surface area contributed by atoms with Gasteiger partial charge in [0, 0.05) is 38.8 Å². The molecule has 194 valence electrons. The number of amides is 2. The van der Waals surface area contributed by atoms with Crippen LogP contribution in [0.5, 0.6) is 0 Å². The normalized spacial score (nSPS) is 21.0. The smallest absolute Gasteiger partial charge is 0.259 e. The van der Waals surface area contributed by atoms with E-state index in [0.29, 0.717) is 61.2 Å². The van der Waals surface area contributed by atoms with Crippen LogP contribution in [0.2, 0.25) is 5.02 Å². The number of carbonyl (C=O) groups excluding carboxylic acids is 2. The number of carbonyl (C=O) groups is 2. The highest BCUT2D eigenvalue weighted by Gasteiger charge is 2.28. The zero-order valence-corrected chi connectivity index (χ0v) is 21.1. The van der Waals surface area contributed by atoms with Gasteiger partial charge in [-0.05, 0) is 43.9 Å². The molecule has 2 fully saturated rings. The minimum atomic E-state index is -0.781. The molecule has 1 N–H and O–H groups in total. The topological polar surface area (TPSA) is 96.2 Å². The number of benzene rings is 1. The Kier molecular flexibility index (Phi) is 7.76. The van der Waals surface area contributed by atoms with Gasteiger partial charge in [-0.1, -0.05) is 23.7 Å². The van der Waals surface area contributed by atoms with Crippen molar-refractivity contribution in [1.29, 1.82) is 0 Å². The Morgan fingerprint density at radius 2 is 2.03 bits per heavy atom. The SMILES string of the molecule is O=C(Nc1nc2cccc(Cl)c2n1C1CCCCN(C(=O)/C=C/CN2CCC(F)C2)C1)c1ccnnc1. The molecule has 2 aliphatic heterocycles. The maximum atomic E-state index is 13.4. The lowest BCUT2D eigenvalue weighted by molar-refractivity contribution is -0.126. The number of anilines is 1. The summed E-state index contributed by atoms with van der Waals surface area (Å²) >= 11 is 6.61. The molecular formula is C26H29ClFN7O2. The van der Waals surface area contributed by atoms with Gasteiger partial charge < -0.3 is 9.47 Å². The summed E-state index contributed by atoms with van der Waals surface area (Å²) in [6.45, 7) is 2.79. The molecule has 2 amide bonds. The first kappa shape index (κ1) is 25.3. The predicted octanol–water partition coefficient (Wildman–Crippen LogP) is 3.89. The Labute approximate surface area is 219 Å². The van der Waals surface area contributed by atoms with Crippen LogP contribution in [0.25, 0.3) is 11.0 Å². The summed E-state index contributed by atoms with van der Waals surface area (Å²) in [6, 6.07) is 6.91. The molecule has 0 spiro atoms. The number of alkyl halides is 1. The number of nitrogens with one attached hydrogen (secondary N) is 1. The molecule has 2 saturated heterocycles. The van der Waals surface area contributed by atoms with Crippen molar-refractivity contribution in [1.82, 2.24) is 29.5 Å². The first-order valence-electron chi connectivity index (χ1n) is 12.6. The van der Waals surface area contributed by atoms with Gasteiger partial charge in [-0.25, -0.2) is 9.37 Å². The Balaban J connectivity index is 1.39. The first-order chi connectivity index (χ1) is 18.0. The summed E-state index contributed by atoms with van der Waals surface area (Å²) in [4.78, 5) is 34.5. The van der Waals surface area contributed by atoms with Crippen LogP contribution in [0.15, 0.2) is 48.8 Å². The Bertz CT molecular complexity index is 1300. The standard InChI is InChI=1S/C26H29ClFN7O2/c27-21-6-3-7-22-24(21)35(26(31-22)32-25(37)18-9-11-29-30-15-18)20-5-1-2-13-34(17-20)23(36)8-4-12-33-14-10-19(28)16-33/h3-4,6-9,11,15,19-20H,1-2,5,10,12-14,16-17H2,(H,31,32,37)/b8-4+. The van der Waals surface area contributed by atoms with Crippen molar-refractivity contribution in [2.45, 2.75) is 37.9 Å². The fourth-order valence-corrected chi connectivity index (χ4v) is 5.30. The van der Waals surface area contributed by atoms with E-state index in [1.165, 1.54) is 12.4 Å². The second-order valence-electron chi connectivity index (χ2n) is 9.48. The van der Waals surface area contributed by atoms with Crippen molar-refractivity contribution in [3.05, 3.63) is 59.4 Å². The summed E-state index contributed by atoms with van der Waals surface area (Å²) in [5.41, 5.74) is 1.74. The Morgan fingerprint density at radius 3 is 2.81 bits per heavy atom. The molecule has 9 nitrogen and oxygen atoms in total. The fourth-order valence-electron chi connectivity index (χ4n) is 5.04. The van der Waals surface area contributed by atoms with E-state index < -0.39 is 6.17 Å². The van der Waals surface area contributed by atoms with Crippen molar-refractivity contribution in [3.8, 4) is 0 Å². The van der Waals surface area contributed by atoms with E-state index >= 15 is 0 Å². The molecule has 0 radical (unpaired) electrons. The maximum absolute atomic E-state index is 13.4. The summed E-state index contributed by atoms with van der Waals surface area (Å²) in [5, 5.41) is 10.9. The quantitative estimate of drug-likeness (QED) is 0.491. The number of hydrogen-bond acceptors (Lipinski definition) is 6. The van der Waals surface area contributed by atoms with Crippen LogP contribution in [0.1, 0.15) is 42.1 Å². The number of hydrogen-bond donors (Lipinski definition) is 1. The van der Waals surface area contributed by atoms with Gasteiger partial charge in [0.1, 0.15) is 6.17 Å². The number of aromatic nitrogens is 4. The minimum Gasteiger partial charge on any atom is -0.337 e. The maximum Gasteiger partial charge on any atom is 0.259 e. The number of likely N-dealkylation sites (tertiary alicyclic amines) is 2. The number of rotatable bonds is 6. The van der Waals surface area contributed by atoms with Crippen LogP contribution < -0.4 is 5.32 Å². The van der Waals surface area contributed by atoms with Crippen LogP contribution in [0, 0.1) is 0 Å². The van der Waals surface area contributed by atoms with E-state index in [0.717, 1.165) is 24.8 Å². The largest absolute Gasteiger partial charge is 0.337 e. The molecule has 1 aromatic carbocycles. The van der Waals surface area contributed by atoms with Crippen molar-refractivity contribution in [3.63, 3.8) is 0 Å². The summed E-state index contributed by atoms with van der Waals surface area (Å²) in [5.74, 6) is -0.0640. The highest BCUT2D eigenvalue weighted by atomic mass is 35.5.